The highest BCUT2D eigenvalue weighted by atomic mass is 35.5. The van der Waals surface area contributed by atoms with Crippen molar-refractivity contribution in [2.75, 3.05) is 19.8 Å². The van der Waals surface area contributed by atoms with Crippen molar-refractivity contribution in [1.29, 1.82) is 0 Å². The van der Waals surface area contributed by atoms with Crippen LogP contribution in [0.15, 0.2) is 30.3 Å². The van der Waals surface area contributed by atoms with Crippen molar-refractivity contribution in [2.24, 2.45) is 0 Å². The molecule has 0 N–H and O–H groups in total. The lowest BCUT2D eigenvalue weighted by Gasteiger charge is -2.34. The van der Waals surface area contributed by atoms with Crippen LogP contribution in [0.1, 0.15) is 20.8 Å². The fourth-order valence-electron chi connectivity index (χ4n) is 1.81. The predicted molar refractivity (Wildman–Crippen MR) is 90.6 cm³/mol. The van der Waals surface area contributed by atoms with E-state index in [4.69, 9.17) is 36.8 Å². The summed E-state index contributed by atoms with van der Waals surface area (Å²) >= 11 is 12.6. The molecule has 1 aromatic rings. The molecule has 0 fully saturated rings. The quantitative estimate of drug-likeness (QED) is 0.440. The average molecular weight is 389 g/mol. The second kappa shape index (κ2) is 8.30. The highest BCUT2D eigenvalue weighted by Gasteiger charge is 2.63. The second-order valence-electron chi connectivity index (χ2n) is 4.15. The molecule has 0 aromatic heterocycles. The first-order chi connectivity index (χ1) is 10.3. The van der Waals surface area contributed by atoms with Gasteiger partial charge in [-0.15, -0.1) is 0 Å². The smallest absolute Gasteiger partial charge is 0.323 e. The Bertz CT molecular complexity index is 555. The molecule has 0 aliphatic carbocycles. The summed E-state index contributed by atoms with van der Waals surface area (Å²) in [5.74, 6) is 0. The molecule has 5 nitrogen and oxygen atoms in total. The third-order valence-electron chi connectivity index (χ3n) is 2.69. The van der Waals surface area contributed by atoms with Crippen LogP contribution in [0.25, 0.3) is 0 Å². The molecular weight excluding hydrogens is 369 g/mol. The van der Waals surface area contributed by atoms with Crippen molar-refractivity contribution >= 4 is 43.5 Å². The highest BCUT2D eigenvalue weighted by molar-refractivity contribution is 7.86. The molecule has 9 heteroatoms. The molecule has 0 spiro atoms. The van der Waals surface area contributed by atoms with Crippen molar-refractivity contribution in [1.82, 2.24) is 0 Å². The molecule has 22 heavy (non-hydrogen) atoms. The fraction of sp³-hybridized carbons (Fsp3) is 0.538. The topological polar surface area (TPSA) is 61.8 Å². The van der Waals surface area contributed by atoms with E-state index in [-0.39, 0.29) is 25.1 Å². The predicted octanol–water partition coefficient (Wildman–Crippen LogP) is 4.98. The molecule has 0 bridgehead atoms. The standard InChI is InChI=1S/C13H20Cl2O5P2/c1-4-18-21(16,12-10-8-7-9-11-12)13(14,15)22(17,19-5-2)20-6-3/h7-11H,4-6H2,1-3H3. The van der Waals surface area contributed by atoms with E-state index in [9.17, 15) is 9.13 Å². The van der Waals surface area contributed by atoms with Crippen molar-refractivity contribution in [2.45, 2.75) is 24.6 Å². The Labute approximate surface area is 141 Å². The van der Waals surface area contributed by atoms with Gasteiger partial charge in [-0.2, -0.15) is 0 Å². The Kier molecular flexibility index (Phi) is 7.62. The van der Waals surface area contributed by atoms with Gasteiger partial charge in [0.1, 0.15) is 0 Å². The van der Waals surface area contributed by atoms with Crippen molar-refractivity contribution in [3.05, 3.63) is 30.3 Å². The van der Waals surface area contributed by atoms with Crippen LogP contribution in [0.4, 0.5) is 0 Å². The van der Waals surface area contributed by atoms with Crippen LogP contribution in [0, 0.1) is 0 Å². The lowest BCUT2D eigenvalue weighted by Crippen LogP contribution is -2.26. The number of rotatable bonds is 9. The van der Waals surface area contributed by atoms with Gasteiger partial charge >= 0.3 is 7.60 Å². The van der Waals surface area contributed by atoms with E-state index < -0.39 is 18.8 Å². The van der Waals surface area contributed by atoms with E-state index >= 15 is 0 Å². The lowest BCUT2D eigenvalue weighted by molar-refractivity contribution is 0.217. The highest BCUT2D eigenvalue weighted by Crippen LogP contribution is 2.80. The van der Waals surface area contributed by atoms with Gasteiger partial charge < -0.3 is 13.6 Å². The van der Waals surface area contributed by atoms with E-state index in [0.717, 1.165) is 0 Å². The molecule has 0 amide bonds. The van der Waals surface area contributed by atoms with E-state index in [1.165, 1.54) is 0 Å². The van der Waals surface area contributed by atoms with Crippen LogP contribution in [-0.2, 0) is 22.7 Å². The molecular formula is C13H20Cl2O5P2. The maximum Gasteiger partial charge on any atom is 0.376 e. The number of alkyl halides is 2. The first kappa shape index (κ1) is 20.2. The Morgan fingerprint density at radius 3 is 1.77 bits per heavy atom. The normalized spacial score (nSPS) is 15.5. The molecule has 0 saturated heterocycles. The van der Waals surface area contributed by atoms with Crippen LogP contribution in [0.3, 0.4) is 0 Å². The van der Waals surface area contributed by atoms with Crippen LogP contribution in [0.2, 0.25) is 0 Å². The van der Waals surface area contributed by atoms with Gasteiger partial charge in [0, 0.05) is 5.30 Å². The van der Waals surface area contributed by atoms with Gasteiger partial charge in [-0.25, -0.2) is 0 Å². The Morgan fingerprint density at radius 2 is 1.36 bits per heavy atom. The summed E-state index contributed by atoms with van der Waals surface area (Å²) in [5.41, 5.74) is 0. The summed E-state index contributed by atoms with van der Waals surface area (Å²) in [7, 11) is -8.03. The molecule has 0 aliphatic heterocycles. The molecule has 1 unspecified atom stereocenters. The van der Waals surface area contributed by atoms with Crippen LogP contribution < -0.4 is 5.30 Å². The van der Waals surface area contributed by atoms with Gasteiger partial charge in [-0.1, -0.05) is 41.4 Å². The summed E-state index contributed by atoms with van der Waals surface area (Å²) in [6.45, 7) is 5.03. The maximum absolute atomic E-state index is 13.4. The summed E-state index contributed by atoms with van der Waals surface area (Å²) < 4.78 is 39.8. The van der Waals surface area contributed by atoms with Gasteiger partial charge in [0.15, 0.2) is 0 Å². The zero-order valence-corrected chi connectivity index (χ0v) is 16.0. The van der Waals surface area contributed by atoms with Crippen LogP contribution in [0.5, 0.6) is 0 Å². The van der Waals surface area contributed by atoms with Crippen LogP contribution in [-0.4, -0.2) is 23.6 Å². The van der Waals surface area contributed by atoms with E-state index in [1.54, 1.807) is 51.1 Å². The molecule has 1 atom stereocenters. The Hall–Kier alpha value is 0.140. The van der Waals surface area contributed by atoms with E-state index in [2.05, 4.69) is 0 Å². The van der Waals surface area contributed by atoms with Crippen molar-refractivity contribution in [3.63, 3.8) is 0 Å². The number of hydrogen-bond donors (Lipinski definition) is 0. The van der Waals surface area contributed by atoms with E-state index in [1.807, 2.05) is 0 Å². The maximum atomic E-state index is 13.4. The minimum absolute atomic E-state index is 0.0411. The van der Waals surface area contributed by atoms with Gasteiger partial charge in [0.05, 0.1) is 19.8 Å². The number of hydrogen-bond acceptors (Lipinski definition) is 5. The van der Waals surface area contributed by atoms with Crippen molar-refractivity contribution < 1.29 is 22.7 Å². The lowest BCUT2D eigenvalue weighted by atomic mass is 10.4. The molecule has 0 saturated carbocycles. The molecule has 126 valence electrons. The average Bonchev–Trinajstić information content (AvgIpc) is 2.48. The summed E-state index contributed by atoms with van der Waals surface area (Å²) in [4.78, 5) is 0. The third kappa shape index (κ3) is 3.79. The Balaban J connectivity index is 3.46. The molecule has 0 aliphatic rings. The summed E-state index contributed by atoms with van der Waals surface area (Å²) in [5, 5.41) is 0.251. The largest absolute Gasteiger partial charge is 0.376 e. The monoisotopic (exact) mass is 388 g/mol. The first-order valence-corrected chi connectivity index (χ1v) is 10.8. The molecule has 1 aromatic carbocycles. The van der Waals surface area contributed by atoms with Gasteiger partial charge in [-0.3, -0.25) is 9.13 Å². The number of benzene rings is 1. The van der Waals surface area contributed by atoms with Gasteiger partial charge in [0.2, 0.25) is 0 Å². The van der Waals surface area contributed by atoms with Crippen LogP contribution >= 0.6 is 38.2 Å². The third-order valence-corrected chi connectivity index (χ3v) is 11.0. The molecule has 0 radical (unpaired) electrons. The van der Waals surface area contributed by atoms with E-state index in [0.29, 0.717) is 0 Å². The van der Waals surface area contributed by atoms with Gasteiger partial charge in [-0.05, 0) is 32.9 Å². The fourth-order valence-corrected chi connectivity index (χ4v) is 8.04. The Morgan fingerprint density at radius 1 is 0.909 bits per heavy atom. The summed E-state index contributed by atoms with van der Waals surface area (Å²) in [6, 6.07) is 8.18. The molecule has 0 heterocycles. The first-order valence-electron chi connectivity index (χ1n) is 6.86. The second-order valence-corrected chi connectivity index (χ2v) is 11.6. The SMILES string of the molecule is CCOP(=O)(OCC)C(Cl)(Cl)P(=O)(OCC)c1ccccc1. The van der Waals surface area contributed by atoms with Gasteiger partial charge in [0.25, 0.3) is 11.2 Å². The minimum Gasteiger partial charge on any atom is -0.323 e. The summed E-state index contributed by atoms with van der Waals surface area (Å²) in [6.07, 6.45) is 0. The molecule has 1 rings (SSSR count). The minimum atomic E-state index is -4.10. The number of halogens is 2. The zero-order valence-electron chi connectivity index (χ0n) is 12.7. The van der Waals surface area contributed by atoms with Crippen molar-refractivity contribution in [3.8, 4) is 0 Å². The zero-order chi connectivity index (χ0) is 16.9.